The molecule has 2 aromatic rings. The van der Waals surface area contributed by atoms with Gasteiger partial charge in [0.05, 0.1) is 11.3 Å². The molecule has 0 aromatic heterocycles. The van der Waals surface area contributed by atoms with Crippen molar-refractivity contribution in [3.63, 3.8) is 0 Å². The van der Waals surface area contributed by atoms with E-state index in [0.29, 0.717) is 28.4 Å². The van der Waals surface area contributed by atoms with Crippen LogP contribution < -0.4 is 5.73 Å². The van der Waals surface area contributed by atoms with E-state index in [1.807, 2.05) is 6.92 Å². The van der Waals surface area contributed by atoms with Gasteiger partial charge in [-0.15, -0.1) is 0 Å². The molecule has 3 rings (SSSR count). The van der Waals surface area contributed by atoms with Crippen molar-refractivity contribution >= 4 is 28.3 Å². The molecule has 0 spiro atoms. The van der Waals surface area contributed by atoms with Crippen LogP contribution >= 0.6 is 0 Å². The van der Waals surface area contributed by atoms with Gasteiger partial charge in [0.25, 0.3) is 11.8 Å². The lowest BCUT2D eigenvalue weighted by Crippen LogP contribution is -2.40. The zero-order valence-electron chi connectivity index (χ0n) is 11.7. The summed E-state index contributed by atoms with van der Waals surface area (Å²) < 4.78 is 0. The fourth-order valence-electron chi connectivity index (χ4n) is 2.74. The molecule has 0 atom stereocenters. The van der Waals surface area contributed by atoms with Crippen molar-refractivity contribution in [2.45, 2.75) is 19.8 Å². The summed E-state index contributed by atoms with van der Waals surface area (Å²) in [5.74, 6) is -0.738. The second-order valence-corrected chi connectivity index (χ2v) is 5.21. The second-order valence-electron chi connectivity index (χ2n) is 5.21. The minimum atomic E-state index is -0.344. The molecule has 0 aliphatic carbocycles. The third-order valence-corrected chi connectivity index (χ3v) is 3.85. The third-order valence-electron chi connectivity index (χ3n) is 3.85. The zero-order chi connectivity index (χ0) is 15.1. The quantitative estimate of drug-likeness (QED) is 0.515. The van der Waals surface area contributed by atoms with E-state index in [1.54, 1.807) is 18.2 Å². The van der Waals surface area contributed by atoms with Crippen LogP contribution in [0.5, 0.6) is 5.75 Å². The van der Waals surface area contributed by atoms with Gasteiger partial charge in [-0.05, 0) is 18.6 Å². The number of amides is 2. The number of benzene rings is 2. The van der Waals surface area contributed by atoms with Crippen molar-refractivity contribution in [1.29, 1.82) is 0 Å². The predicted octanol–water partition coefficient (Wildman–Crippen LogP) is 2.52. The van der Waals surface area contributed by atoms with Crippen LogP contribution in [0.25, 0.3) is 10.8 Å². The van der Waals surface area contributed by atoms with Crippen LogP contribution in [0, 0.1) is 0 Å². The third kappa shape index (κ3) is 1.85. The Morgan fingerprint density at radius 2 is 1.90 bits per heavy atom. The number of nitrogens with zero attached hydrogens (tertiary/aromatic N) is 1. The molecular formula is C16H16N2O3. The van der Waals surface area contributed by atoms with Gasteiger partial charge in [0.2, 0.25) is 0 Å². The molecule has 21 heavy (non-hydrogen) atoms. The fourth-order valence-corrected chi connectivity index (χ4v) is 2.74. The Bertz CT molecular complexity index is 768. The second kappa shape index (κ2) is 4.77. The summed E-state index contributed by atoms with van der Waals surface area (Å²) in [5, 5.41) is 11.0. The minimum absolute atomic E-state index is 0.0850. The van der Waals surface area contributed by atoms with E-state index in [9.17, 15) is 14.7 Å². The smallest absolute Gasteiger partial charge is 0.261 e. The number of imide groups is 1. The molecule has 0 saturated heterocycles. The van der Waals surface area contributed by atoms with Crippen molar-refractivity contribution in [1.82, 2.24) is 4.90 Å². The Hall–Kier alpha value is -2.56. The molecular weight excluding hydrogens is 268 g/mol. The number of hydrogen-bond acceptors (Lipinski definition) is 4. The number of nitrogen functional groups attached to an aromatic ring is 1. The van der Waals surface area contributed by atoms with Crippen LogP contribution in [0.1, 0.15) is 40.5 Å². The number of rotatable bonds is 3. The molecule has 5 heteroatoms. The Morgan fingerprint density at radius 1 is 1.19 bits per heavy atom. The largest absolute Gasteiger partial charge is 0.505 e. The van der Waals surface area contributed by atoms with Gasteiger partial charge in [-0.25, -0.2) is 0 Å². The van der Waals surface area contributed by atoms with Crippen LogP contribution in [0.4, 0.5) is 5.69 Å². The molecule has 0 saturated carbocycles. The van der Waals surface area contributed by atoms with Crippen molar-refractivity contribution < 1.29 is 14.7 Å². The minimum Gasteiger partial charge on any atom is -0.505 e. The molecule has 0 radical (unpaired) electrons. The van der Waals surface area contributed by atoms with Crippen LogP contribution in [-0.4, -0.2) is 28.4 Å². The molecule has 0 fully saturated rings. The van der Waals surface area contributed by atoms with Gasteiger partial charge in [0.1, 0.15) is 5.75 Å². The first-order chi connectivity index (χ1) is 10.1. The highest BCUT2D eigenvalue weighted by Gasteiger charge is 2.33. The molecule has 1 aliphatic heterocycles. The SMILES string of the molecule is CCCCN1C(=O)c2cccc3c(O)c(N)cc(c23)C1=O. The van der Waals surface area contributed by atoms with Gasteiger partial charge in [-0.1, -0.05) is 25.5 Å². The Kier molecular flexibility index (Phi) is 3.05. The van der Waals surface area contributed by atoms with E-state index >= 15 is 0 Å². The molecule has 108 valence electrons. The highest BCUT2D eigenvalue weighted by Crippen LogP contribution is 2.38. The molecule has 2 aromatic carbocycles. The van der Waals surface area contributed by atoms with E-state index in [4.69, 9.17) is 5.73 Å². The normalized spacial score (nSPS) is 14.0. The van der Waals surface area contributed by atoms with Crippen LogP contribution in [0.3, 0.4) is 0 Å². The zero-order valence-corrected chi connectivity index (χ0v) is 11.7. The summed E-state index contributed by atoms with van der Waals surface area (Å²) >= 11 is 0. The summed E-state index contributed by atoms with van der Waals surface area (Å²) in [6.45, 7) is 2.40. The first-order valence-corrected chi connectivity index (χ1v) is 6.96. The average molecular weight is 284 g/mol. The van der Waals surface area contributed by atoms with Crippen molar-refractivity contribution in [3.8, 4) is 5.75 Å². The Balaban J connectivity index is 2.28. The molecule has 1 aliphatic rings. The number of unbranched alkanes of at least 4 members (excludes halogenated alkanes) is 1. The summed E-state index contributed by atoms with van der Waals surface area (Å²) in [7, 11) is 0. The van der Waals surface area contributed by atoms with Crippen LogP contribution in [0.2, 0.25) is 0 Å². The molecule has 5 nitrogen and oxygen atoms in total. The summed E-state index contributed by atoms with van der Waals surface area (Å²) in [4.78, 5) is 26.3. The standard InChI is InChI=1S/C16H16N2O3/c1-2-3-7-18-15(20)10-6-4-5-9-13(10)11(16(18)21)8-12(17)14(9)19/h4-6,8,19H,2-3,7,17H2,1H3. The predicted molar refractivity (Wildman–Crippen MR) is 80.3 cm³/mol. The molecule has 1 heterocycles. The van der Waals surface area contributed by atoms with Gasteiger partial charge >= 0.3 is 0 Å². The van der Waals surface area contributed by atoms with Gasteiger partial charge in [-0.3, -0.25) is 14.5 Å². The maximum atomic E-state index is 12.6. The summed E-state index contributed by atoms with van der Waals surface area (Å²) in [6, 6.07) is 6.48. The lowest BCUT2D eigenvalue weighted by molar-refractivity contribution is 0.0608. The van der Waals surface area contributed by atoms with Gasteiger partial charge in [0, 0.05) is 22.9 Å². The van der Waals surface area contributed by atoms with E-state index in [-0.39, 0.29) is 23.3 Å². The fraction of sp³-hybridized carbons (Fsp3) is 0.250. The average Bonchev–Trinajstić information content (AvgIpc) is 2.49. The van der Waals surface area contributed by atoms with Crippen molar-refractivity contribution in [2.75, 3.05) is 12.3 Å². The van der Waals surface area contributed by atoms with Crippen molar-refractivity contribution in [2.24, 2.45) is 0 Å². The highest BCUT2D eigenvalue weighted by atomic mass is 16.3. The first-order valence-electron chi connectivity index (χ1n) is 6.96. The number of hydrogen-bond donors (Lipinski definition) is 2. The summed E-state index contributed by atoms with van der Waals surface area (Å²) in [6.07, 6.45) is 1.65. The van der Waals surface area contributed by atoms with Crippen LogP contribution in [-0.2, 0) is 0 Å². The van der Waals surface area contributed by atoms with Crippen molar-refractivity contribution in [3.05, 3.63) is 35.4 Å². The monoisotopic (exact) mass is 284 g/mol. The molecule has 2 amide bonds. The molecule has 0 unspecified atom stereocenters. The maximum absolute atomic E-state index is 12.6. The number of phenols is 1. The lowest BCUT2D eigenvalue weighted by atomic mass is 9.92. The van der Waals surface area contributed by atoms with E-state index in [1.165, 1.54) is 11.0 Å². The first kappa shape index (κ1) is 13.4. The number of carbonyl (C=O) groups is 2. The summed E-state index contributed by atoms with van der Waals surface area (Å²) in [5.41, 5.74) is 6.74. The number of aromatic hydroxyl groups is 1. The molecule has 3 N–H and O–H groups in total. The number of nitrogens with two attached hydrogens (primary N) is 1. The maximum Gasteiger partial charge on any atom is 0.261 e. The molecule has 0 bridgehead atoms. The van der Waals surface area contributed by atoms with E-state index in [2.05, 4.69) is 0 Å². The van der Waals surface area contributed by atoms with Gasteiger partial charge < -0.3 is 10.8 Å². The highest BCUT2D eigenvalue weighted by molar-refractivity contribution is 6.26. The Morgan fingerprint density at radius 3 is 2.62 bits per heavy atom. The van der Waals surface area contributed by atoms with Crippen LogP contribution in [0.15, 0.2) is 24.3 Å². The lowest BCUT2D eigenvalue weighted by Gasteiger charge is -2.27. The number of anilines is 1. The van der Waals surface area contributed by atoms with E-state index < -0.39 is 0 Å². The van der Waals surface area contributed by atoms with E-state index in [0.717, 1.165) is 12.8 Å². The van der Waals surface area contributed by atoms with Gasteiger partial charge in [-0.2, -0.15) is 0 Å². The Labute approximate surface area is 122 Å². The topological polar surface area (TPSA) is 83.6 Å². The van der Waals surface area contributed by atoms with Gasteiger partial charge in [0.15, 0.2) is 0 Å². The number of carbonyl (C=O) groups excluding carboxylic acids is 2. The number of phenolic OH excluding ortho intramolecular Hbond substituents is 1.